The lowest BCUT2D eigenvalue weighted by molar-refractivity contribution is -0.143. The molecule has 2 heterocycles. The normalized spacial score (nSPS) is 30.5. The smallest absolute Gasteiger partial charge is 0.231 e. The summed E-state index contributed by atoms with van der Waals surface area (Å²) in [4.78, 5) is 28.1. The fraction of sp³-hybridized carbons (Fsp3) is 0.857. The summed E-state index contributed by atoms with van der Waals surface area (Å²) in [6.07, 6.45) is 0.655. The molecule has 126 valence electrons. The third-order valence-electron chi connectivity index (χ3n) is 4.44. The summed E-state index contributed by atoms with van der Waals surface area (Å²) < 4.78 is 23.5. The highest BCUT2D eigenvalue weighted by Crippen LogP contribution is 2.30. The molecule has 8 heteroatoms. The molecule has 2 atom stereocenters. The van der Waals surface area contributed by atoms with Gasteiger partial charge in [0.15, 0.2) is 9.84 Å². The molecule has 1 N–H and O–H groups in total. The zero-order valence-corrected chi connectivity index (χ0v) is 14.3. The van der Waals surface area contributed by atoms with Crippen molar-refractivity contribution in [1.29, 1.82) is 0 Å². The second-order valence-corrected chi connectivity index (χ2v) is 9.10. The van der Waals surface area contributed by atoms with Crippen molar-refractivity contribution >= 4 is 21.7 Å². The summed E-state index contributed by atoms with van der Waals surface area (Å²) in [6, 6.07) is -0.273. The SMILES string of the molecule is CN(C)CCN(C(=O)C1(C)CNC(=O)C1)C1CCS(=O)(=O)C1. The number of rotatable bonds is 5. The predicted octanol–water partition coefficient (Wildman–Crippen LogP) is -0.910. The van der Waals surface area contributed by atoms with E-state index < -0.39 is 15.3 Å². The lowest BCUT2D eigenvalue weighted by Gasteiger charge is -2.35. The third kappa shape index (κ3) is 3.78. The molecule has 0 bridgehead atoms. The van der Waals surface area contributed by atoms with Gasteiger partial charge in [0.2, 0.25) is 11.8 Å². The van der Waals surface area contributed by atoms with Gasteiger partial charge in [-0.15, -0.1) is 0 Å². The minimum atomic E-state index is -3.06. The van der Waals surface area contributed by atoms with Crippen molar-refractivity contribution in [2.75, 3.05) is 45.2 Å². The van der Waals surface area contributed by atoms with Crippen LogP contribution in [0, 0.1) is 5.41 Å². The van der Waals surface area contributed by atoms with E-state index in [-0.39, 0.29) is 35.8 Å². The molecule has 2 rings (SSSR count). The van der Waals surface area contributed by atoms with Gasteiger partial charge >= 0.3 is 0 Å². The van der Waals surface area contributed by atoms with Crippen molar-refractivity contribution in [3.63, 3.8) is 0 Å². The largest absolute Gasteiger partial charge is 0.355 e. The van der Waals surface area contributed by atoms with E-state index in [1.165, 1.54) is 0 Å². The van der Waals surface area contributed by atoms with E-state index in [9.17, 15) is 18.0 Å². The van der Waals surface area contributed by atoms with E-state index in [2.05, 4.69) is 5.32 Å². The fourth-order valence-electron chi connectivity index (χ4n) is 3.05. The zero-order valence-electron chi connectivity index (χ0n) is 13.5. The molecule has 0 aromatic rings. The number of nitrogens with one attached hydrogen (secondary N) is 1. The van der Waals surface area contributed by atoms with Crippen LogP contribution in [0.25, 0.3) is 0 Å². The fourth-order valence-corrected chi connectivity index (χ4v) is 4.78. The molecule has 2 saturated heterocycles. The summed E-state index contributed by atoms with van der Waals surface area (Å²) in [5.41, 5.74) is -0.768. The van der Waals surface area contributed by atoms with Gasteiger partial charge in [-0.1, -0.05) is 0 Å². The Balaban J connectivity index is 2.17. The number of amides is 2. The summed E-state index contributed by atoms with van der Waals surface area (Å²) in [6.45, 7) is 3.25. The molecule has 22 heavy (non-hydrogen) atoms. The molecule has 0 radical (unpaired) electrons. The first-order chi connectivity index (χ1) is 10.1. The number of sulfone groups is 1. The van der Waals surface area contributed by atoms with Crippen molar-refractivity contribution in [1.82, 2.24) is 15.1 Å². The van der Waals surface area contributed by atoms with Gasteiger partial charge in [-0.2, -0.15) is 0 Å². The monoisotopic (exact) mass is 331 g/mol. The van der Waals surface area contributed by atoms with E-state index in [0.717, 1.165) is 0 Å². The average molecular weight is 331 g/mol. The van der Waals surface area contributed by atoms with Crippen LogP contribution in [0.5, 0.6) is 0 Å². The standard InChI is InChI=1S/C14H25N3O4S/c1-14(8-12(18)15-10-14)13(19)17(6-5-16(2)3)11-4-7-22(20,21)9-11/h11H,4-10H2,1-3H3,(H,15,18). The van der Waals surface area contributed by atoms with Crippen LogP contribution in [-0.2, 0) is 19.4 Å². The minimum Gasteiger partial charge on any atom is -0.355 e. The topological polar surface area (TPSA) is 86.8 Å². The number of likely N-dealkylation sites (N-methyl/N-ethyl adjacent to an activating group) is 1. The van der Waals surface area contributed by atoms with Gasteiger partial charge in [-0.3, -0.25) is 9.59 Å². The summed E-state index contributed by atoms with van der Waals surface area (Å²) in [5.74, 6) is -0.0711. The number of hydrogen-bond donors (Lipinski definition) is 1. The third-order valence-corrected chi connectivity index (χ3v) is 6.19. The Morgan fingerprint density at radius 2 is 2.05 bits per heavy atom. The first kappa shape index (κ1) is 17.2. The van der Waals surface area contributed by atoms with Crippen molar-refractivity contribution in [3.05, 3.63) is 0 Å². The van der Waals surface area contributed by atoms with Crippen LogP contribution < -0.4 is 5.32 Å². The highest BCUT2D eigenvalue weighted by Gasteiger charge is 2.46. The van der Waals surface area contributed by atoms with Gasteiger partial charge in [0, 0.05) is 32.1 Å². The van der Waals surface area contributed by atoms with E-state index in [1.807, 2.05) is 19.0 Å². The molecular formula is C14H25N3O4S. The second-order valence-electron chi connectivity index (χ2n) is 6.87. The molecule has 0 spiro atoms. The van der Waals surface area contributed by atoms with Crippen molar-refractivity contribution in [2.24, 2.45) is 5.41 Å². The van der Waals surface area contributed by atoms with Crippen LogP contribution in [0.3, 0.4) is 0 Å². The second kappa shape index (κ2) is 6.16. The highest BCUT2D eigenvalue weighted by atomic mass is 32.2. The molecule has 0 aromatic carbocycles. The molecule has 2 unspecified atom stereocenters. The number of nitrogens with zero attached hydrogens (tertiary/aromatic N) is 2. The van der Waals surface area contributed by atoms with Crippen molar-refractivity contribution in [3.8, 4) is 0 Å². The Morgan fingerprint density at radius 1 is 1.36 bits per heavy atom. The van der Waals surface area contributed by atoms with Crippen LogP contribution in [0.2, 0.25) is 0 Å². The van der Waals surface area contributed by atoms with Crippen LogP contribution in [0.4, 0.5) is 0 Å². The Kier molecular flexibility index (Phi) is 4.81. The molecule has 0 aromatic heterocycles. The Bertz CT molecular complexity index is 560. The van der Waals surface area contributed by atoms with Gasteiger partial charge in [0.1, 0.15) is 0 Å². The number of carbonyl (C=O) groups is 2. The van der Waals surface area contributed by atoms with E-state index >= 15 is 0 Å². The van der Waals surface area contributed by atoms with Crippen LogP contribution in [0.1, 0.15) is 19.8 Å². The van der Waals surface area contributed by atoms with Crippen LogP contribution >= 0.6 is 0 Å². The maximum absolute atomic E-state index is 12.9. The molecule has 2 aliphatic heterocycles. The summed E-state index contributed by atoms with van der Waals surface area (Å²) in [7, 11) is 0.770. The molecule has 7 nitrogen and oxygen atoms in total. The zero-order chi connectivity index (χ0) is 16.5. The van der Waals surface area contributed by atoms with E-state index in [1.54, 1.807) is 11.8 Å². The van der Waals surface area contributed by atoms with Gasteiger partial charge in [-0.25, -0.2) is 8.42 Å². The molecule has 2 amide bonds. The van der Waals surface area contributed by atoms with E-state index in [4.69, 9.17) is 0 Å². The van der Waals surface area contributed by atoms with Crippen molar-refractivity contribution in [2.45, 2.75) is 25.8 Å². The van der Waals surface area contributed by atoms with Gasteiger partial charge in [0.25, 0.3) is 0 Å². The maximum Gasteiger partial charge on any atom is 0.231 e. The maximum atomic E-state index is 12.9. The van der Waals surface area contributed by atoms with Crippen molar-refractivity contribution < 1.29 is 18.0 Å². The lowest BCUT2D eigenvalue weighted by atomic mass is 9.87. The number of hydrogen-bond acceptors (Lipinski definition) is 5. The number of carbonyl (C=O) groups excluding carboxylic acids is 2. The molecule has 0 saturated carbocycles. The first-order valence-corrected chi connectivity index (χ1v) is 9.38. The average Bonchev–Trinajstić information content (AvgIpc) is 2.93. The summed E-state index contributed by atoms with van der Waals surface area (Å²) in [5, 5.41) is 2.70. The quantitative estimate of drug-likeness (QED) is 0.705. The van der Waals surface area contributed by atoms with Gasteiger partial charge in [-0.05, 0) is 27.4 Å². The molecular weight excluding hydrogens is 306 g/mol. The molecule has 2 fully saturated rings. The Labute approximate surface area is 131 Å². The minimum absolute atomic E-state index is 0.0314. The van der Waals surface area contributed by atoms with Gasteiger partial charge in [0.05, 0.1) is 16.9 Å². The van der Waals surface area contributed by atoms with Crippen LogP contribution in [-0.4, -0.2) is 81.3 Å². The molecule has 2 aliphatic rings. The van der Waals surface area contributed by atoms with E-state index in [0.29, 0.717) is 26.1 Å². The first-order valence-electron chi connectivity index (χ1n) is 7.56. The summed E-state index contributed by atoms with van der Waals surface area (Å²) >= 11 is 0. The Hall–Kier alpha value is -1.15. The molecule has 0 aliphatic carbocycles. The van der Waals surface area contributed by atoms with Crippen LogP contribution in [0.15, 0.2) is 0 Å². The van der Waals surface area contributed by atoms with Gasteiger partial charge < -0.3 is 15.1 Å². The lowest BCUT2D eigenvalue weighted by Crippen LogP contribution is -2.51. The predicted molar refractivity (Wildman–Crippen MR) is 83.1 cm³/mol. The highest BCUT2D eigenvalue weighted by molar-refractivity contribution is 7.91. The Morgan fingerprint density at radius 3 is 2.50 bits per heavy atom.